The number of Topliss-reactive ketones (excluding diaryl/α,β-unsaturated/α-hetero) is 1. The number of benzene rings is 1. The summed E-state index contributed by atoms with van der Waals surface area (Å²) in [5.41, 5.74) is 2.74. The van der Waals surface area contributed by atoms with Gasteiger partial charge in [-0.15, -0.1) is 0 Å². The van der Waals surface area contributed by atoms with Crippen LogP contribution in [0.4, 0.5) is 0 Å². The van der Waals surface area contributed by atoms with E-state index in [1.807, 2.05) is 19.1 Å². The number of allylic oxidation sites excluding steroid dienone is 1. The van der Waals surface area contributed by atoms with E-state index in [9.17, 15) is 4.79 Å². The molecule has 0 radical (unpaired) electrons. The summed E-state index contributed by atoms with van der Waals surface area (Å²) in [7, 11) is 1.66. The summed E-state index contributed by atoms with van der Waals surface area (Å²) >= 11 is 0. The summed E-state index contributed by atoms with van der Waals surface area (Å²) in [5, 5.41) is 0. The van der Waals surface area contributed by atoms with E-state index in [1.165, 1.54) is 0 Å². The summed E-state index contributed by atoms with van der Waals surface area (Å²) in [6.45, 7) is 9.49. The fourth-order valence-electron chi connectivity index (χ4n) is 2.40. The lowest BCUT2D eigenvalue weighted by molar-refractivity contribution is -0.117. The number of hydrogen-bond donors (Lipinski definition) is 0. The largest absolute Gasteiger partial charge is 0.496 e. The highest BCUT2D eigenvalue weighted by Gasteiger charge is 2.33. The number of hydrogen-bond acceptors (Lipinski definition) is 3. The van der Waals surface area contributed by atoms with Crippen molar-refractivity contribution >= 4 is 5.78 Å². The number of fused-ring (bicyclic) bond motifs is 1. The molecule has 0 N–H and O–H groups in total. The second-order valence-electron chi connectivity index (χ2n) is 5.21. The minimum atomic E-state index is -0.106. The molecule has 2 unspecified atom stereocenters. The lowest BCUT2D eigenvalue weighted by Gasteiger charge is -2.14. The molecule has 0 saturated carbocycles. The molecule has 0 aromatic heterocycles. The van der Waals surface area contributed by atoms with Crippen LogP contribution >= 0.6 is 0 Å². The topological polar surface area (TPSA) is 35.5 Å². The Hall–Kier alpha value is -1.77. The van der Waals surface area contributed by atoms with Crippen molar-refractivity contribution in [3.05, 3.63) is 35.4 Å². The van der Waals surface area contributed by atoms with E-state index in [-0.39, 0.29) is 17.8 Å². The van der Waals surface area contributed by atoms with Gasteiger partial charge >= 0.3 is 0 Å². The van der Waals surface area contributed by atoms with E-state index < -0.39 is 0 Å². The van der Waals surface area contributed by atoms with E-state index in [1.54, 1.807) is 14.0 Å². The van der Waals surface area contributed by atoms with Crippen LogP contribution in [0.25, 0.3) is 0 Å². The molecule has 19 heavy (non-hydrogen) atoms. The number of carbonyl (C=O) groups is 1. The van der Waals surface area contributed by atoms with Gasteiger partial charge in [0.2, 0.25) is 0 Å². The van der Waals surface area contributed by atoms with Crippen LogP contribution in [0, 0.1) is 6.92 Å². The quantitative estimate of drug-likeness (QED) is 0.778. The fraction of sp³-hybridized carbons (Fsp3) is 0.438. The van der Waals surface area contributed by atoms with Gasteiger partial charge in [-0.05, 0) is 37.1 Å². The molecule has 0 spiro atoms. The van der Waals surface area contributed by atoms with Crippen LogP contribution in [0.3, 0.4) is 0 Å². The second kappa shape index (κ2) is 5.08. The van der Waals surface area contributed by atoms with Crippen molar-refractivity contribution in [1.29, 1.82) is 0 Å². The first-order chi connectivity index (χ1) is 8.93. The van der Waals surface area contributed by atoms with Crippen LogP contribution in [0.1, 0.15) is 37.3 Å². The van der Waals surface area contributed by atoms with Crippen LogP contribution in [0.15, 0.2) is 24.3 Å². The molecule has 0 fully saturated rings. The lowest BCUT2D eigenvalue weighted by Crippen LogP contribution is -2.21. The van der Waals surface area contributed by atoms with Crippen molar-refractivity contribution in [2.45, 2.75) is 39.2 Å². The van der Waals surface area contributed by atoms with Crippen LogP contribution < -0.4 is 9.47 Å². The molecule has 102 valence electrons. The molecule has 1 aromatic carbocycles. The third-order valence-electron chi connectivity index (χ3n) is 3.72. The number of carbonyl (C=O) groups excluding carboxylic acids is 1. The Morgan fingerprint density at radius 2 is 2.16 bits per heavy atom. The maximum Gasteiger partial charge on any atom is 0.161 e. The maximum atomic E-state index is 11.8. The molecule has 2 rings (SSSR count). The van der Waals surface area contributed by atoms with Gasteiger partial charge in [-0.2, -0.15) is 0 Å². The van der Waals surface area contributed by atoms with Crippen molar-refractivity contribution in [3.63, 3.8) is 0 Å². The summed E-state index contributed by atoms with van der Waals surface area (Å²) in [6.07, 6.45) is 0.276. The van der Waals surface area contributed by atoms with Crippen molar-refractivity contribution < 1.29 is 14.3 Å². The zero-order chi connectivity index (χ0) is 14.2. The summed E-state index contributed by atoms with van der Waals surface area (Å²) in [4.78, 5) is 11.8. The van der Waals surface area contributed by atoms with Gasteiger partial charge < -0.3 is 9.47 Å². The van der Waals surface area contributed by atoms with Gasteiger partial charge in [0.15, 0.2) is 5.78 Å². The van der Waals surface area contributed by atoms with Crippen molar-refractivity contribution in [1.82, 2.24) is 0 Å². The number of aryl methyl sites for hydroxylation is 1. The van der Waals surface area contributed by atoms with Gasteiger partial charge in [0.05, 0.1) is 7.11 Å². The average molecular weight is 260 g/mol. The van der Waals surface area contributed by atoms with Crippen molar-refractivity contribution in [3.8, 4) is 11.5 Å². The van der Waals surface area contributed by atoms with E-state index >= 15 is 0 Å². The molecule has 1 aliphatic rings. The van der Waals surface area contributed by atoms with Crippen LogP contribution in [0.5, 0.6) is 11.5 Å². The SMILES string of the molecule is C=C(C)C(=O)CC1Oc2cc(C)c(OC)cc2C1C. The minimum absolute atomic E-state index is 0.0633. The lowest BCUT2D eigenvalue weighted by atomic mass is 9.92. The number of ketones is 1. The molecule has 3 nitrogen and oxygen atoms in total. The van der Waals surface area contributed by atoms with Crippen molar-refractivity contribution in [2.24, 2.45) is 0 Å². The minimum Gasteiger partial charge on any atom is -0.496 e. The van der Waals surface area contributed by atoms with Crippen LogP contribution in [-0.2, 0) is 4.79 Å². The average Bonchev–Trinajstić information content (AvgIpc) is 2.64. The second-order valence-corrected chi connectivity index (χ2v) is 5.21. The zero-order valence-corrected chi connectivity index (χ0v) is 11.9. The Labute approximate surface area is 114 Å². The predicted octanol–water partition coefficient (Wildman–Crippen LogP) is 3.40. The van der Waals surface area contributed by atoms with E-state index in [0.29, 0.717) is 12.0 Å². The molecule has 2 atom stereocenters. The highest BCUT2D eigenvalue weighted by atomic mass is 16.5. The standard InChI is InChI=1S/C16H20O3/c1-9(2)13(17)8-15-11(4)12-7-14(18-5)10(3)6-16(12)19-15/h6-7,11,15H,1,8H2,2-5H3. The molecular formula is C16H20O3. The third-order valence-corrected chi connectivity index (χ3v) is 3.72. The molecule has 1 aromatic rings. The molecule has 3 heteroatoms. The van der Waals surface area contributed by atoms with Gasteiger partial charge in [0.25, 0.3) is 0 Å². The Morgan fingerprint density at radius 3 is 2.74 bits per heavy atom. The van der Waals surface area contributed by atoms with Crippen LogP contribution in [0.2, 0.25) is 0 Å². The monoisotopic (exact) mass is 260 g/mol. The first kappa shape index (κ1) is 13.7. The highest BCUT2D eigenvalue weighted by Crippen LogP contribution is 2.42. The summed E-state index contributed by atoms with van der Waals surface area (Å²) in [6, 6.07) is 4.00. The van der Waals surface area contributed by atoms with Gasteiger partial charge in [-0.25, -0.2) is 0 Å². The van der Waals surface area contributed by atoms with E-state index in [2.05, 4.69) is 13.5 Å². The number of rotatable bonds is 4. The van der Waals surface area contributed by atoms with Crippen LogP contribution in [-0.4, -0.2) is 19.0 Å². The maximum absolute atomic E-state index is 11.8. The molecule has 0 aliphatic carbocycles. The Kier molecular flexibility index (Phi) is 3.65. The van der Waals surface area contributed by atoms with Gasteiger partial charge in [0, 0.05) is 17.9 Å². The first-order valence-corrected chi connectivity index (χ1v) is 6.48. The zero-order valence-electron chi connectivity index (χ0n) is 11.9. The highest BCUT2D eigenvalue weighted by molar-refractivity contribution is 5.94. The summed E-state index contributed by atoms with van der Waals surface area (Å²) in [5.74, 6) is 1.98. The summed E-state index contributed by atoms with van der Waals surface area (Å²) < 4.78 is 11.2. The van der Waals surface area contributed by atoms with Crippen molar-refractivity contribution in [2.75, 3.05) is 7.11 Å². The molecular weight excluding hydrogens is 240 g/mol. The predicted molar refractivity (Wildman–Crippen MR) is 75.0 cm³/mol. The first-order valence-electron chi connectivity index (χ1n) is 6.48. The molecule has 0 saturated heterocycles. The third kappa shape index (κ3) is 2.50. The molecule has 1 aliphatic heterocycles. The molecule has 0 bridgehead atoms. The normalized spacial score (nSPS) is 20.6. The molecule has 1 heterocycles. The smallest absolute Gasteiger partial charge is 0.161 e. The van der Waals surface area contributed by atoms with E-state index in [4.69, 9.17) is 9.47 Å². The van der Waals surface area contributed by atoms with Gasteiger partial charge in [-0.1, -0.05) is 13.5 Å². The number of methoxy groups -OCH3 is 1. The Bertz CT molecular complexity index is 531. The Balaban J connectivity index is 2.24. The molecule has 0 amide bonds. The Morgan fingerprint density at radius 1 is 1.47 bits per heavy atom. The van der Waals surface area contributed by atoms with Gasteiger partial charge in [0.1, 0.15) is 17.6 Å². The fourth-order valence-corrected chi connectivity index (χ4v) is 2.40. The number of ether oxygens (including phenoxy) is 2. The van der Waals surface area contributed by atoms with E-state index in [0.717, 1.165) is 22.6 Å². The van der Waals surface area contributed by atoms with Gasteiger partial charge in [-0.3, -0.25) is 4.79 Å².